The third kappa shape index (κ3) is 1.37. The van der Waals surface area contributed by atoms with Crippen LogP contribution in [0.2, 0.25) is 0 Å². The summed E-state index contributed by atoms with van der Waals surface area (Å²) < 4.78 is 27.2. The Kier molecular flexibility index (Phi) is 1.81. The maximum Gasteiger partial charge on any atom is 0.322 e. The van der Waals surface area contributed by atoms with Gasteiger partial charge in [-0.15, -0.1) is 0 Å². The molecular weight excluding hydrogens is 202 g/mol. The molecule has 0 spiro atoms. The second-order valence-electron chi connectivity index (χ2n) is 3.30. The van der Waals surface area contributed by atoms with Crippen LogP contribution in [-0.2, 0) is 10.2 Å². The van der Waals surface area contributed by atoms with Crippen LogP contribution < -0.4 is 15.2 Å². The number of rotatable bonds is 0. The fraction of sp³-hybridized carbons (Fsp3) is 0.250. The van der Waals surface area contributed by atoms with Gasteiger partial charge in [0.25, 0.3) is 0 Å². The molecule has 2 rings (SSSR count). The predicted molar refractivity (Wildman–Crippen MR) is 52.9 cm³/mol. The minimum atomic E-state index is -3.51. The highest BCUT2D eigenvalue weighted by Gasteiger charge is 2.25. The lowest BCUT2D eigenvalue weighted by Crippen LogP contribution is -2.44. The first-order valence-corrected chi connectivity index (χ1v) is 5.65. The third-order valence-electron chi connectivity index (χ3n) is 2.18. The van der Waals surface area contributed by atoms with E-state index in [1.165, 1.54) is 0 Å². The molecule has 4 N–H and O–H groups in total. The number of allylic oxidation sites excluding steroid dienone is 3. The molecule has 0 radical (unpaired) electrons. The van der Waals surface area contributed by atoms with Crippen LogP contribution in [0.3, 0.4) is 0 Å². The lowest BCUT2D eigenvalue weighted by Gasteiger charge is -2.25. The topological polar surface area (TPSA) is 84.2 Å². The van der Waals surface area contributed by atoms with Crippen molar-refractivity contribution < 1.29 is 8.42 Å². The molecule has 14 heavy (non-hydrogen) atoms. The summed E-state index contributed by atoms with van der Waals surface area (Å²) in [7, 11) is -3.51. The van der Waals surface area contributed by atoms with Gasteiger partial charge in [0.1, 0.15) is 5.82 Å². The van der Waals surface area contributed by atoms with Gasteiger partial charge in [0.05, 0.1) is 5.70 Å². The van der Waals surface area contributed by atoms with Crippen LogP contribution in [0.25, 0.3) is 0 Å². The first-order chi connectivity index (χ1) is 6.49. The van der Waals surface area contributed by atoms with Crippen molar-refractivity contribution in [1.29, 1.82) is 0 Å². The van der Waals surface area contributed by atoms with Crippen molar-refractivity contribution in [3.63, 3.8) is 0 Å². The number of fused-ring (bicyclic) bond motifs is 1. The van der Waals surface area contributed by atoms with Gasteiger partial charge < -0.3 is 5.73 Å². The minimum absolute atomic E-state index is 0.175. The molecule has 0 aromatic heterocycles. The molecule has 76 valence electrons. The number of hydrogen-bond acceptors (Lipinski definition) is 3. The monoisotopic (exact) mass is 213 g/mol. The first kappa shape index (κ1) is 9.14. The average molecular weight is 213 g/mol. The van der Waals surface area contributed by atoms with E-state index in [1.54, 1.807) is 0 Å². The predicted octanol–water partition coefficient (Wildman–Crippen LogP) is -0.172. The summed E-state index contributed by atoms with van der Waals surface area (Å²) in [5, 5.41) is 0. The van der Waals surface area contributed by atoms with Crippen molar-refractivity contribution in [3.05, 3.63) is 34.8 Å². The van der Waals surface area contributed by atoms with Crippen LogP contribution in [0.5, 0.6) is 0 Å². The van der Waals surface area contributed by atoms with E-state index in [0.29, 0.717) is 11.3 Å². The summed E-state index contributed by atoms with van der Waals surface area (Å²) >= 11 is 0. The van der Waals surface area contributed by atoms with Crippen molar-refractivity contribution in [2.45, 2.75) is 13.3 Å². The summed E-state index contributed by atoms with van der Waals surface area (Å²) in [6.07, 6.45) is 4.50. The Morgan fingerprint density at radius 3 is 2.86 bits per heavy atom. The molecule has 6 heteroatoms. The highest BCUT2D eigenvalue weighted by Crippen LogP contribution is 2.25. The second kappa shape index (κ2) is 2.78. The van der Waals surface area contributed by atoms with Gasteiger partial charge in [-0.25, -0.2) is 0 Å². The molecular formula is C8H11N3O2S. The molecule has 1 aliphatic carbocycles. The fourth-order valence-electron chi connectivity index (χ4n) is 1.50. The zero-order chi connectivity index (χ0) is 10.3. The zero-order valence-electron chi connectivity index (χ0n) is 7.66. The number of nitrogens with two attached hydrogens (primary N) is 1. The summed E-state index contributed by atoms with van der Waals surface area (Å²) in [5.41, 5.74) is 7.87. The Morgan fingerprint density at radius 2 is 2.14 bits per heavy atom. The Bertz CT molecular complexity index is 471. The fourth-order valence-corrected chi connectivity index (χ4v) is 2.50. The van der Waals surface area contributed by atoms with Gasteiger partial charge in [0.15, 0.2) is 0 Å². The van der Waals surface area contributed by atoms with E-state index in [1.807, 2.05) is 19.1 Å². The molecule has 2 aliphatic rings. The van der Waals surface area contributed by atoms with Crippen LogP contribution >= 0.6 is 0 Å². The van der Waals surface area contributed by atoms with E-state index in [0.717, 1.165) is 12.0 Å². The standard InChI is InChI=1S/C8H11N3O2S/c1-5-3-2-4-6-7(5)10-14(12,13)11-8(6)9/h2,4,10-11H,3,9H2,1H3. The SMILES string of the molecule is CC1=C2NS(=O)(=O)NC(N)=C2C=CC1. The minimum Gasteiger partial charge on any atom is -0.384 e. The Hall–Kier alpha value is -1.43. The average Bonchev–Trinajstić information content (AvgIpc) is 2.05. The van der Waals surface area contributed by atoms with E-state index in [9.17, 15) is 8.42 Å². The molecule has 0 unspecified atom stereocenters. The molecule has 0 saturated heterocycles. The maximum atomic E-state index is 11.3. The smallest absolute Gasteiger partial charge is 0.322 e. The van der Waals surface area contributed by atoms with Crippen molar-refractivity contribution in [1.82, 2.24) is 9.44 Å². The second-order valence-corrected chi connectivity index (χ2v) is 4.71. The largest absolute Gasteiger partial charge is 0.384 e. The summed E-state index contributed by atoms with van der Waals surface area (Å²) in [5.74, 6) is 0.175. The number of hydrogen-bond donors (Lipinski definition) is 3. The first-order valence-electron chi connectivity index (χ1n) is 4.16. The van der Waals surface area contributed by atoms with Crippen molar-refractivity contribution in [2.75, 3.05) is 0 Å². The molecule has 0 aromatic carbocycles. The van der Waals surface area contributed by atoms with Crippen molar-refractivity contribution in [2.24, 2.45) is 5.73 Å². The van der Waals surface area contributed by atoms with Gasteiger partial charge in [-0.3, -0.25) is 9.44 Å². The van der Waals surface area contributed by atoms with Gasteiger partial charge >= 0.3 is 10.2 Å². The lowest BCUT2D eigenvalue weighted by molar-refractivity contribution is 0.576. The highest BCUT2D eigenvalue weighted by atomic mass is 32.2. The lowest BCUT2D eigenvalue weighted by atomic mass is 10.00. The normalized spacial score (nSPS) is 24.1. The Labute approximate surface area is 82.5 Å². The van der Waals surface area contributed by atoms with E-state index in [2.05, 4.69) is 9.44 Å². The van der Waals surface area contributed by atoms with Crippen LogP contribution in [0.15, 0.2) is 34.8 Å². The Morgan fingerprint density at radius 1 is 1.43 bits per heavy atom. The van der Waals surface area contributed by atoms with Gasteiger partial charge in [0.2, 0.25) is 0 Å². The quantitative estimate of drug-likeness (QED) is 0.522. The van der Waals surface area contributed by atoms with Crippen LogP contribution in [0.1, 0.15) is 13.3 Å². The van der Waals surface area contributed by atoms with E-state index >= 15 is 0 Å². The summed E-state index contributed by atoms with van der Waals surface area (Å²) in [4.78, 5) is 0. The van der Waals surface area contributed by atoms with Crippen molar-refractivity contribution in [3.8, 4) is 0 Å². The third-order valence-corrected chi connectivity index (χ3v) is 3.14. The van der Waals surface area contributed by atoms with Crippen LogP contribution in [-0.4, -0.2) is 8.42 Å². The van der Waals surface area contributed by atoms with Crippen LogP contribution in [0.4, 0.5) is 0 Å². The van der Waals surface area contributed by atoms with Crippen LogP contribution in [0, 0.1) is 0 Å². The van der Waals surface area contributed by atoms with E-state index in [4.69, 9.17) is 5.73 Å². The summed E-state index contributed by atoms with van der Waals surface area (Å²) in [6.45, 7) is 1.87. The van der Waals surface area contributed by atoms with E-state index in [-0.39, 0.29) is 5.82 Å². The highest BCUT2D eigenvalue weighted by molar-refractivity contribution is 7.87. The summed E-state index contributed by atoms with van der Waals surface area (Å²) in [6, 6.07) is 0. The number of nitrogens with one attached hydrogen (secondary N) is 2. The molecule has 1 heterocycles. The van der Waals surface area contributed by atoms with Gasteiger partial charge in [-0.1, -0.05) is 12.2 Å². The molecule has 0 fully saturated rings. The molecule has 5 nitrogen and oxygen atoms in total. The van der Waals surface area contributed by atoms with Gasteiger partial charge in [0, 0.05) is 5.57 Å². The Balaban J connectivity index is 2.61. The maximum absolute atomic E-state index is 11.3. The van der Waals surface area contributed by atoms with E-state index < -0.39 is 10.2 Å². The molecule has 0 saturated carbocycles. The van der Waals surface area contributed by atoms with Gasteiger partial charge in [-0.05, 0) is 18.9 Å². The zero-order valence-corrected chi connectivity index (χ0v) is 8.48. The molecule has 0 amide bonds. The molecule has 1 aliphatic heterocycles. The van der Waals surface area contributed by atoms with Gasteiger partial charge in [-0.2, -0.15) is 8.42 Å². The molecule has 0 aromatic rings. The van der Waals surface area contributed by atoms with Crippen molar-refractivity contribution >= 4 is 10.2 Å². The molecule has 0 atom stereocenters. The molecule has 0 bridgehead atoms.